The van der Waals surface area contributed by atoms with E-state index in [2.05, 4.69) is 6.07 Å². The number of ether oxygens (including phenoxy) is 1. The fourth-order valence-electron chi connectivity index (χ4n) is 2.26. The number of benzene rings is 1. The molecule has 0 saturated heterocycles. The van der Waals surface area contributed by atoms with E-state index in [1.165, 1.54) is 11.8 Å². The van der Waals surface area contributed by atoms with Crippen molar-refractivity contribution in [1.29, 1.82) is 5.26 Å². The Morgan fingerprint density at radius 1 is 1.44 bits per heavy atom. The minimum Gasteiger partial charge on any atom is -0.456 e. The number of aliphatic hydroxyl groups is 1. The van der Waals surface area contributed by atoms with Crippen LogP contribution in [0.5, 0.6) is 5.75 Å². The molecule has 1 unspecified atom stereocenters. The van der Waals surface area contributed by atoms with Crippen molar-refractivity contribution >= 4 is 11.8 Å². The van der Waals surface area contributed by atoms with E-state index in [0.29, 0.717) is 17.1 Å². The first kappa shape index (κ1) is 11.4. The molecule has 0 amide bonds. The minimum absolute atomic E-state index is 0.0348. The lowest BCUT2D eigenvalue weighted by Gasteiger charge is -2.36. The normalized spacial score (nSPS) is 24.9. The van der Waals surface area contributed by atoms with Crippen LogP contribution in [0.15, 0.2) is 47.1 Å². The van der Waals surface area contributed by atoms with Crippen LogP contribution in [0.25, 0.3) is 0 Å². The second kappa shape index (κ2) is 4.20. The summed E-state index contributed by atoms with van der Waals surface area (Å²) in [4.78, 5) is 0.741. The highest BCUT2D eigenvalue weighted by molar-refractivity contribution is 8.03. The second-order valence-electron chi connectivity index (χ2n) is 4.20. The van der Waals surface area contributed by atoms with E-state index in [-0.39, 0.29) is 6.42 Å². The molecule has 0 spiro atoms. The van der Waals surface area contributed by atoms with E-state index >= 15 is 0 Å². The van der Waals surface area contributed by atoms with E-state index in [4.69, 9.17) is 10.00 Å². The van der Waals surface area contributed by atoms with Gasteiger partial charge in [-0.2, -0.15) is 5.26 Å². The molecule has 1 atom stereocenters. The number of allylic oxidation sites excluding steroid dienone is 1. The van der Waals surface area contributed by atoms with Crippen molar-refractivity contribution in [3.8, 4) is 11.8 Å². The predicted molar refractivity (Wildman–Crippen MR) is 69.8 cm³/mol. The summed E-state index contributed by atoms with van der Waals surface area (Å²) in [7, 11) is 0. The Hall–Kier alpha value is -1.70. The molecular formula is C14H11NO2S. The number of thioether (sulfide) groups is 1. The van der Waals surface area contributed by atoms with Crippen molar-refractivity contribution in [2.45, 2.75) is 12.0 Å². The number of nitrogens with zero attached hydrogens (tertiary/aromatic N) is 1. The van der Waals surface area contributed by atoms with E-state index in [0.717, 1.165) is 10.7 Å². The molecule has 4 heteroatoms. The highest BCUT2D eigenvalue weighted by Crippen LogP contribution is 2.49. The van der Waals surface area contributed by atoms with Crippen LogP contribution in [0.3, 0.4) is 0 Å². The lowest BCUT2D eigenvalue weighted by atomic mass is 9.87. The van der Waals surface area contributed by atoms with Gasteiger partial charge in [-0.05, 0) is 12.1 Å². The van der Waals surface area contributed by atoms with Crippen LogP contribution >= 0.6 is 11.8 Å². The van der Waals surface area contributed by atoms with Crippen LogP contribution in [0.2, 0.25) is 0 Å². The molecular weight excluding hydrogens is 246 g/mol. The Morgan fingerprint density at radius 2 is 2.28 bits per heavy atom. The molecule has 2 aliphatic rings. The van der Waals surface area contributed by atoms with Crippen molar-refractivity contribution in [1.82, 2.24) is 0 Å². The van der Waals surface area contributed by atoms with E-state index in [9.17, 15) is 5.11 Å². The molecule has 1 N–H and O–H groups in total. The summed E-state index contributed by atoms with van der Waals surface area (Å²) in [5, 5.41) is 19.9. The third-order valence-corrected chi connectivity index (χ3v) is 4.27. The Balaban J connectivity index is 2.21. The molecule has 0 aromatic heterocycles. The Labute approximate surface area is 109 Å². The quantitative estimate of drug-likeness (QED) is 0.840. The third kappa shape index (κ3) is 1.56. The average Bonchev–Trinajstić information content (AvgIpc) is 2.40. The van der Waals surface area contributed by atoms with Crippen molar-refractivity contribution in [2.75, 3.05) is 5.75 Å². The van der Waals surface area contributed by atoms with Crippen molar-refractivity contribution < 1.29 is 9.84 Å². The Morgan fingerprint density at radius 3 is 3.11 bits per heavy atom. The molecule has 3 rings (SSSR count). The lowest BCUT2D eigenvalue weighted by molar-refractivity contribution is 0.0776. The minimum atomic E-state index is -1.24. The molecule has 0 aliphatic carbocycles. The van der Waals surface area contributed by atoms with Gasteiger partial charge in [0, 0.05) is 11.3 Å². The van der Waals surface area contributed by atoms with Gasteiger partial charge in [0.25, 0.3) is 0 Å². The maximum Gasteiger partial charge on any atom is 0.141 e. The summed E-state index contributed by atoms with van der Waals surface area (Å²) in [6.45, 7) is 0. The first-order valence-corrected chi connectivity index (χ1v) is 6.65. The van der Waals surface area contributed by atoms with Crippen molar-refractivity contribution in [3.63, 3.8) is 0 Å². The first-order chi connectivity index (χ1) is 8.75. The largest absolute Gasteiger partial charge is 0.456 e. The Bertz CT molecular complexity index is 600. The summed E-state index contributed by atoms with van der Waals surface area (Å²) in [6.07, 6.45) is 3.89. The third-order valence-electron chi connectivity index (χ3n) is 3.08. The number of para-hydroxylation sites is 1. The van der Waals surface area contributed by atoms with Crippen LogP contribution in [-0.2, 0) is 5.60 Å². The first-order valence-electron chi connectivity index (χ1n) is 5.66. The number of fused-ring (bicyclic) bond motifs is 1. The van der Waals surface area contributed by atoms with E-state index in [1.807, 2.05) is 36.4 Å². The Kier molecular flexibility index (Phi) is 2.66. The number of rotatable bonds is 1. The summed E-state index contributed by atoms with van der Waals surface area (Å²) >= 11 is 1.52. The zero-order valence-electron chi connectivity index (χ0n) is 9.59. The molecule has 90 valence electrons. The molecule has 3 nitrogen and oxygen atoms in total. The highest BCUT2D eigenvalue weighted by atomic mass is 32.2. The molecule has 18 heavy (non-hydrogen) atoms. The maximum atomic E-state index is 10.9. The molecule has 1 aromatic rings. The number of hydrogen-bond acceptors (Lipinski definition) is 4. The zero-order chi connectivity index (χ0) is 12.6. The zero-order valence-corrected chi connectivity index (χ0v) is 10.4. The summed E-state index contributed by atoms with van der Waals surface area (Å²) in [6, 6.07) is 9.41. The molecule has 0 saturated carbocycles. The molecule has 2 heterocycles. The number of hydrogen-bond donors (Lipinski definition) is 1. The predicted octanol–water partition coefficient (Wildman–Crippen LogP) is 2.69. The van der Waals surface area contributed by atoms with Crippen molar-refractivity contribution in [2.24, 2.45) is 0 Å². The van der Waals surface area contributed by atoms with Crippen molar-refractivity contribution in [3.05, 3.63) is 52.6 Å². The van der Waals surface area contributed by atoms with Gasteiger partial charge in [0.05, 0.1) is 17.4 Å². The van der Waals surface area contributed by atoms with Gasteiger partial charge >= 0.3 is 0 Å². The van der Waals surface area contributed by atoms with E-state index < -0.39 is 5.60 Å². The van der Waals surface area contributed by atoms with Gasteiger partial charge in [-0.15, -0.1) is 11.8 Å². The summed E-state index contributed by atoms with van der Waals surface area (Å²) in [5.41, 5.74) is -0.568. The van der Waals surface area contributed by atoms with Gasteiger partial charge in [0.15, 0.2) is 0 Å². The van der Waals surface area contributed by atoms with E-state index in [1.54, 1.807) is 0 Å². The smallest absolute Gasteiger partial charge is 0.141 e. The number of nitriles is 1. The van der Waals surface area contributed by atoms with Gasteiger partial charge < -0.3 is 9.84 Å². The van der Waals surface area contributed by atoms with Crippen LogP contribution in [-0.4, -0.2) is 10.9 Å². The standard InChI is InChI=1S/C14H11NO2S/c15-8-7-14(16)10-4-1-2-5-11(10)17-12-6-3-9-18-13(12)14/h1-6,16H,7,9H2. The van der Waals surface area contributed by atoms with Gasteiger partial charge in [0.2, 0.25) is 0 Å². The lowest BCUT2D eigenvalue weighted by Crippen LogP contribution is -2.33. The van der Waals surface area contributed by atoms with Gasteiger partial charge in [-0.3, -0.25) is 0 Å². The average molecular weight is 257 g/mol. The molecule has 0 radical (unpaired) electrons. The monoisotopic (exact) mass is 257 g/mol. The van der Waals surface area contributed by atoms with Gasteiger partial charge in [-0.1, -0.05) is 24.3 Å². The van der Waals surface area contributed by atoms with Gasteiger partial charge in [-0.25, -0.2) is 0 Å². The second-order valence-corrected chi connectivity index (χ2v) is 5.23. The van der Waals surface area contributed by atoms with Crippen LogP contribution in [0, 0.1) is 11.3 Å². The summed E-state index contributed by atoms with van der Waals surface area (Å²) in [5.74, 6) is 2.07. The molecule has 1 aromatic carbocycles. The topological polar surface area (TPSA) is 53.2 Å². The fourth-order valence-corrected chi connectivity index (χ4v) is 3.30. The van der Waals surface area contributed by atoms with Crippen LogP contribution < -0.4 is 4.74 Å². The maximum absolute atomic E-state index is 10.9. The molecule has 0 bridgehead atoms. The van der Waals surface area contributed by atoms with Crippen LogP contribution in [0.1, 0.15) is 12.0 Å². The molecule has 2 aliphatic heterocycles. The highest BCUT2D eigenvalue weighted by Gasteiger charge is 2.42. The van der Waals surface area contributed by atoms with Gasteiger partial charge in [0.1, 0.15) is 17.1 Å². The molecule has 0 fully saturated rings. The van der Waals surface area contributed by atoms with Crippen LogP contribution in [0.4, 0.5) is 0 Å². The SMILES string of the molecule is N#CCC1(O)C2=C(C=CCS2)Oc2ccccc21. The fraction of sp³-hybridized carbons (Fsp3) is 0.214. The summed E-state index contributed by atoms with van der Waals surface area (Å²) < 4.78 is 5.78.